The van der Waals surface area contributed by atoms with Crippen molar-refractivity contribution in [3.8, 4) is 0 Å². The van der Waals surface area contributed by atoms with Gasteiger partial charge in [0.15, 0.2) is 0 Å². The Kier molecular flexibility index (Phi) is 12.6. The molecule has 5 nitrogen and oxygen atoms in total. The minimum absolute atomic E-state index is 0. The molecule has 0 saturated heterocycles. The Labute approximate surface area is 130 Å². The highest BCUT2D eigenvalue weighted by Crippen LogP contribution is 2.08. The van der Waals surface area contributed by atoms with Crippen molar-refractivity contribution in [2.45, 2.75) is 20.4 Å². The molecule has 0 atom stereocenters. The molecule has 1 heterocycles. The molecule has 0 radical (unpaired) electrons. The highest BCUT2D eigenvalue weighted by Gasteiger charge is 2.09. The number of rotatable bonds is 7. The molecule has 0 aromatic carbocycles. The summed E-state index contributed by atoms with van der Waals surface area (Å²) in [7, 11) is 0. The van der Waals surface area contributed by atoms with E-state index in [0.29, 0.717) is 18.8 Å². The predicted molar refractivity (Wildman–Crippen MR) is 84.6 cm³/mol. The Balaban J connectivity index is 0. The molecular formula is C11H22Cl2N4OS. The molecule has 8 heteroatoms. The standard InChI is InChI=1S/C11H20N4OS.2ClH/c1-3-15(4-2)6-5-13-11(16)9-8-17-10(7-12)14-9;;/h8H,3-7,12H2,1-2H3,(H,13,16);2*1H. The van der Waals surface area contributed by atoms with Gasteiger partial charge in [0.25, 0.3) is 5.91 Å². The Morgan fingerprint density at radius 1 is 1.42 bits per heavy atom. The zero-order valence-corrected chi connectivity index (χ0v) is 13.7. The van der Waals surface area contributed by atoms with Gasteiger partial charge in [-0.2, -0.15) is 0 Å². The number of nitrogens with zero attached hydrogens (tertiary/aromatic N) is 2. The van der Waals surface area contributed by atoms with E-state index >= 15 is 0 Å². The second kappa shape index (κ2) is 11.4. The van der Waals surface area contributed by atoms with Crippen LogP contribution in [0.2, 0.25) is 0 Å². The van der Waals surface area contributed by atoms with E-state index in [4.69, 9.17) is 5.73 Å². The van der Waals surface area contributed by atoms with E-state index in [9.17, 15) is 4.79 Å². The summed E-state index contributed by atoms with van der Waals surface area (Å²) < 4.78 is 0. The molecule has 3 N–H and O–H groups in total. The summed E-state index contributed by atoms with van der Waals surface area (Å²) in [6, 6.07) is 0. The van der Waals surface area contributed by atoms with E-state index in [1.807, 2.05) is 0 Å². The Bertz CT molecular complexity index is 358. The summed E-state index contributed by atoms with van der Waals surface area (Å²) in [6.45, 7) is 8.12. The summed E-state index contributed by atoms with van der Waals surface area (Å²) in [5.41, 5.74) is 5.92. The third kappa shape index (κ3) is 7.08. The van der Waals surface area contributed by atoms with Crippen molar-refractivity contribution >= 4 is 42.1 Å². The van der Waals surface area contributed by atoms with Crippen LogP contribution in [0, 0.1) is 0 Å². The van der Waals surface area contributed by atoms with E-state index in [0.717, 1.165) is 24.6 Å². The molecule has 1 aromatic heterocycles. The van der Waals surface area contributed by atoms with Crippen LogP contribution in [0.4, 0.5) is 0 Å². The highest BCUT2D eigenvalue weighted by atomic mass is 35.5. The number of carbonyl (C=O) groups excluding carboxylic acids is 1. The lowest BCUT2D eigenvalue weighted by molar-refractivity contribution is 0.0944. The van der Waals surface area contributed by atoms with Crippen LogP contribution in [0.25, 0.3) is 0 Å². The van der Waals surface area contributed by atoms with Crippen LogP contribution in [0.1, 0.15) is 29.3 Å². The summed E-state index contributed by atoms with van der Waals surface area (Å²) in [5.74, 6) is -0.117. The van der Waals surface area contributed by atoms with Crippen LogP contribution in [-0.4, -0.2) is 42.0 Å². The molecule has 1 aromatic rings. The normalized spacial score (nSPS) is 9.68. The van der Waals surface area contributed by atoms with Crippen molar-refractivity contribution < 1.29 is 4.79 Å². The lowest BCUT2D eigenvalue weighted by Crippen LogP contribution is -2.34. The van der Waals surface area contributed by atoms with Gasteiger partial charge in [-0.25, -0.2) is 4.98 Å². The highest BCUT2D eigenvalue weighted by molar-refractivity contribution is 7.09. The Hall–Kier alpha value is -0.400. The summed E-state index contributed by atoms with van der Waals surface area (Å²) >= 11 is 1.42. The van der Waals surface area contributed by atoms with E-state index in [2.05, 4.69) is 29.0 Å². The monoisotopic (exact) mass is 328 g/mol. The second-order valence-electron chi connectivity index (χ2n) is 3.61. The van der Waals surface area contributed by atoms with E-state index < -0.39 is 0 Å². The minimum atomic E-state index is -0.117. The fourth-order valence-corrected chi connectivity index (χ4v) is 2.12. The van der Waals surface area contributed by atoms with Gasteiger partial charge in [0.05, 0.1) is 0 Å². The van der Waals surface area contributed by atoms with Gasteiger partial charge in [-0.15, -0.1) is 36.2 Å². The summed E-state index contributed by atoms with van der Waals surface area (Å²) in [5, 5.41) is 5.39. The number of thiazole rings is 1. The smallest absolute Gasteiger partial charge is 0.270 e. The zero-order chi connectivity index (χ0) is 12.7. The van der Waals surface area contributed by atoms with Crippen LogP contribution < -0.4 is 11.1 Å². The SMILES string of the molecule is CCN(CC)CCNC(=O)c1csc(CN)n1.Cl.Cl. The lowest BCUT2D eigenvalue weighted by Gasteiger charge is -2.17. The number of amides is 1. The van der Waals surface area contributed by atoms with Gasteiger partial charge in [0.1, 0.15) is 10.7 Å². The number of hydrogen-bond donors (Lipinski definition) is 2. The number of nitrogens with one attached hydrogen (secondary N) is 1. The van der Waals surface area contributed by atoms with Gasteiger partial charge in [0, 0.05) is 25.0 Å². The molecule has 0 fully saturated rings. The van der Waals surface area contributed by atoms with Crippen molar-refractivity contribution in [3.05, 3.63) is 16.1 Å². The molecule has 0 saturated carbocycles. The number of aromatic nitrogens is 1. The second-order valence-corrected chi connectivity index (χ2v) is 4.56. The lowest BCUT2D eigenvalue weighted by atomic mass is 10.4. The first-order valence-electron chi connectivity index (χ1n) is 5.86. The molecular weight excluding hydrogens is 307 g/mol. The van der Waals surface area contributed by atoms with Crippen LogP contribution in [0.15, 0.2) is 5.38 Å². The first-order chi connectivity index (χ1) is 8.21. The van der Waals surface area contributed by atoms with Gasteiger partial charge in [-0.3, -0.25) is 4.79 Å². The van der Waals surface area contributed by atoms with Crippen LogP contribution in [-0.2, 0) is 6.54 Å². The number of likely N-dealkylation sites (N-methyl/N-ethyl adjacent to an activating group) is 1. The number of carbonyl (C=O) groups is 1. The minimum Gasteiger partial charge on any atom is -0.349 e. The molecule has 1 rings (SSSR count). The molecule has 0 unspecified atom stereocenters. The van der Waals surface area contributed by atoms with Gasteiger partial charge < -0.3 is 16.0 Å². The van der Waals surface area contributed by atoms with Crippen LogP contribution in [0.5, 0.6) is 0 Å². The van der Waals surface area contributed by atoms with Gasteiger partial charge in [-0.05, 0) is 13.1 Å². The molecule has 19 heavy (non-hydrogen) atoms. The summed E-state index contributed by atoms with van der Waals surface area (Å²) in [4.78, 5) is 18.1. The number of halogens is 2. The maximum atomic E-state index is 11.7. The quantitative estimate of drug-likeness (QED) is 0.796. The average Bonchev–Trinajstić information content (AvgIpc) is 2.83. The van der Waals surface area contributed by atoms with E-state index in [1.165, 1.54) is 11.3 Å². The molecule has 0 bridgehead atoms. The molecule has 112 valence electrons. The fourth-order valence-electron chi connectivity index (χ4n) is 1.47. The third-order valence-corrected chi connectivity index (χ3v) is 3.44. The molecule has 1 amide bonds. The first-order valence-corrected chi connectivity index (χ1v) is 6.74. The maximum absolute atomic E-state index is 11.7. The van der Waals surface area contributed by atoms with Crippen molar-refractivity contribution in [1.29, 1.82) is 0 Å². The topological polar surface area (TPSA) is 71.2 Å². The van der Waals surface area contributed by atoms with Crippen molar-refractivity contribution in [3.63, 3.8) is 0 Å². The average molecular weight is 329 g/mol. The molecule has 0 spiro atoms. The maximum Gasteiger partial charge on any atom is 0.270 e. The van der Waals surface area contributed by atoms with Gasteiger partial charge >= 0.3 is 0 Å². The predicted octanol–water partition coefficient (Wildman–Crippen LogP) is 1.52. The molecule has 0 aliphatic rings. The van der Waals surface area contributed by atoms with Gasteiger partial charge in [0.2, 0.25) is 0 Å². The largest absolute Gasteiger partial charge is 0.349 e. The van der Waals surface area contributed by atoms with Crippen molar-refractivity contribution in [2.24, 2.45) is 5.73 Å². The molecule has 0 aliphatic heterocycles. The first kappa shape index (κ1) is 20.9. The number of hydrogen-bond acceptors (Lipinski definition) is 5. The van der Waals surface area contributed by atoms with Crippen molar-refractivity contribution in [2.75, 3.05) is 26.2 Å². The van der Waals surface area contributed by atoms with Crippen LogP contribution >= 0.6 is 36.2 Å². The van der Waals surface area contributed by atoms with E-state index in [1.54, 1.807) is 5.38 Å². The van der Waals surface area contributed by atoms with Gasteiger partial charge in [-0.1, -0.05) is 13.8 Å². The van der Waals surface area contributed by atoms with E-state index in [-0.39, 0.29) is 30.7 Å². The number of nitrogens with two attached hydrogens (primary N) is 1. The fraction of sp³-hybridized carbons (Fsp3) is 0.636. The Morgan fingerprint density at radius 3 is 2.53 bits per heavy atom. The summed E-state index contributed by atoms with van der Waals surface area (Å²) in [6.07, 6.45) is 0. The molecule has 0 aliphatic carbocycles. The zero-order valence-electron chi connectivity index (χ0n) is 11.2. The van der Waals surface area contributed by atoms with Crippen molar-refractivity contribution in [1.82, 2.24) is 15.2 Å². The Morgan fingerprint density at radius 2 is 2.05 bits per heavy atom. The third-order valence-electron chi connectivity index (χ3n) is 2.57. The van der Waals surface area contributed by atoms with Crippen LogP contribution in [0.3, 0.4) is 0 Å².